The van der Waals surface area contributed by atoms with Crippen molar-refractivity contribution in [1.29, 1.82) is 0 Å². The van der Waals surface area contributed by atoms with Gasteiger partial charge in [-0.2, -0.15) is 0 Å². The summed E-state index contributed by atoms with van der Waals surface area (Å²) in [6.45, 7) is 2.44. The molecule has 178 valence electrons. The van der Waals surface area contributed by atoms with Crippen LogP contribution in [0.1, 0.15) is 71.1 Å². The van der Waals surface area contributed by atoms with E-state index in [0.29, 0.717) is 16.9 Å². The quantitative estimate of drug-likeness (QED) is 0.733. The third-order valence-electron chi connectivity index (χ3n) is 8.78. The number of hydrogen-bond acceptors (Lipinski definition) is 4. The molecule has 2 saturated heterocycles. The van der Waals surface area contributed by atoms with Gasteiger partial charge in [-0.25, -0.2) is 4.79 Å². The van der Waals surface area contributed by atoms with Crippen molar-refractivity contribution in [2.24, 2.45) is 5.41 Å². The zero-order chi connectivity index (χ0) is 23.4. The second-order valence-corrected chi connectivity index (χ2v) is 10.6. The number of carboxylic acids is 1. The molecule has 0 aromatic heterocycles. The molecule has 0 radical (unpaired) electrons. The van der Waals surface area contributed by atoms with Crippen LogP contribution in [0.25, 0.3) is 0 Å². The van der Waals surface area contributed by atoms with Gasteiger partial charge < -0.3 is 19.6 Å². The van der Waals surface area contributed by atoms with Gasteiger partial charge in [0, 0.05) is 32.4 Å². The van der Waals surface area contributed by atoms with Gasteiger partial charge in [-0.05, 0) is 78.7 Å². The third kappa shape index (κ3) is 3.59. The van der Waals surface area contributed by atoms with Crippen LogP contribution in [0.3, 0.4) is 0 Å². The first-order valence-electron chi connectivity index (χ1n) is 12.5. The number of carboxylic acid groups (broad SMARTS) is 1. The van der Waals surface area contributed by atoms with Crippen LogP contribution in [0.4, 0.5) is 5.69 Å². The number of likely N-dealkylation sites (tertiary alicyclic amines) is 1. The second-order valence-electron chi connectivity index (χ2n) is 10.6. The molecule has 34 heavy (non-hydrogen) atoms. The molecule has 1 spiro atoms. The second kappa shape index (κ2) is 8.12. The van der Waals surface area contributed by atoms with Crippen molar-refractivity contribution in [1.82, 2.24) is 4.90 Å². The largest absolute Gasteiger partial charge is 0.478 e. The molecule has 3 aliphatic heterocycles. The molecule has 3 heterocycles. The minimum atomic E-state index is -0.885. The smallest absolute Gasteiger partial charge is 0.335 e. The van der Waals surface area contributed by atoms with Crippen molar-refractivity contribution >= 4 is 17.6 Å². The zero-order valence-electron chi connectivity index (χ0n) is 19.7. The van der Waals surface area contributed by atoms with Crippen LogP contribution in [0.15, 0.2) is 42.5 Å². The number of ether oxygens (including phenoxy) is 1. The van der Waals surface area contributed by atoms with Crippen LogP contribution < -0.4 is 4.90 Å². The zero-order valence-corrected chi connectivity index (χ0v) is 19.7. The number of benzene rings is 2. The van der Waals surface area contributed by atoms with E-state index in [2.05, 4.69) is 36.2 Å². The number of hydrogen-bond donors (Lipinski definition) is 1. The van der Waals surface area contributed by atoms with E-state index >= 15 is 0 Å². The van der Waals surface area contributed by atoms with E-state index < -0.39 is 5.97 Å². The van der Waals surface area contributed by atoms with Crippen LogP contribution >= 0.6 is 0 Å². The fourth-order valence-corrected chi connectivity index (χ4v) is 6.52. The molecular formula is C28H32N2O4. The summed E-state index contributed by atoms with van der Waals surface area (Å²) in [7, 11) is 2.05. The molecule has 1 aliphatic carbocycles. The predicted molar refractivity (Wildman–Crippen MR) is 129 cm³/mol. The van der Waals surface area contributed by atoms with E-state index in [-0.39, 0.29) is 18.1 Å². The number of likely N-dealkylation sites (N-methyl/N-ethyl adjacent to an activating group) is 1. The van der Waals surface area contributed by atoms with Crippen molar-refractivity contribution in [2.75, 3.05) is 31.6 Å². The van der Waals surface area contributed by atoms with Gasteiger partial charge in [-0.15, -0.1) is 0 Å². The lowest BCUT2D eigenvalue weighted by Gasteiger charge is -2.34. The van der Waals surface area contributed by atoms with Gasteiger partial charge in [0.2, 0.25) is 0 Å². The number of piperidine rings is 1. The first-order valence-corrected chi connectivity index (χ1v) is 12.5. The van der Waals surface area contributed by atoms with Gasteiger partial charge in [0.15, 0.2) is 0 Å². The van der Waals surface area contributed by atoms with Crippen LogP contribution in [-0.2, 0) is 16.0 Å². The minimum absolute atomic E-state index is 0.200. The minimum Gasteiger partial charge on any atom is -0.478 e. The van der Waals surface area contributed by atoms with Crippen LogP contribution in [0.5, 0.6) is 0 Å². The molecule has 6 heteroatoms. The maximum absolute atomic E-state index is 12.7. The number of carbonyl (C=O) groups excluding carboxylic acids is 1. The molecule has 6 nitrogen and oxygen atoms in total. The standard InChI is InChI=1S/C28H32N2O4/c1-29-23(15-20-8-9-21(27(32)33)16-24(20)29)19-6-4-18(5-7-19)22-17-28(22)10-12-30(13-11-28)26(31)25-3-2-14-34-25/h4-9,16,22-23,25H,2-3,10-15,17H2,1H3,(H,32,33)/t22-,23?,25-/m1/s1. The summed E-state index contributed by atoms with van der Waals surface area (Å²) in [5.41, 5.74) is 5.60. The molecule has 1 saturated carbocycles. The Morgan fingerprint density at radius 2 is 1.79 bits per heavy atom. The van der Waals surface area contributed by atoms with Crippen molar-refractivity contribution in [3.63, 3.8) is 0 Å². The molecule has 2 aromatic rings. The first kappa shape index (κ1) is 21.7. The predicted octanol–water partition coefficient (Wildman–Crippen LogP) is 4.39. The molecule has 3 atom stereocenters. The summed E-state index contributed by atoms with van der Waals surface area (Å²) >= 11 is 0. The van der Waals surface area contributed by atoms with Gasteiger partial charge in [-0.3, -0.25) is 4.79 Å². The average Bonchev–Trinajstić information content (AvgIpc) is 3.18. The van der Waals surface area contributed by atoms with Crippen LogP contribution in [-0.4, -0.2) is 54.7 Å². The monoisotopic (exact) mass is 460 g/mol. The first-order chi connectivity index (χ1) is 16.4. The molecule has 6 rings (SSSR count). The Hall–Kier alpha value is -2.86. The number of fused-ring (bicyclic) bond motifs is 1. The van der Waals surface area contributed by atoms with E-state index in [0.717, 1.165) is 57.5 Å². The summed E-state index contributed by atoms with van der Waals surface area (Å²) in [4.78, 5) is 28.3. The Morgan fingerprint density at radius 3 is 2.47 bits per heavy atom. The van der Waals surface area contributed by atoms with E-state index in [4.69, 9.17) is 4.74 Å². The molecule has 1 unspecified atom stereocenters. The van der Waals surface area contributed by atoms with Crippen LogP contribution in [0, 0.1) is 5.41 Å². The maximum Gasteiger partial charge on any atom is 0.335 e. The Bertz CT molecular complexity index is 1110. The number of carbonyl (C=O) groups is 2. The number of aromatic carboxylic acids is 1. The molecule has 4 aliphatic rings. The number of anilines is 1. The molecular weight excluding hydrogens is 428 g/mol. The van der Waals surface area contributed by atoms with E-state index in [9.17, 15) is 14.7 Å². The van der Waals surface area contributed by atoms with E-state index in [1.165, 1.54) is 23.1 Å². The lowest BCUT2D eigenvalue weighted by molar-refractivity contribution is -0.142. The highest BCUT2D eigenvalue weighted by Crippen LogP contribution is 2.65. The Labute approximate surface area is 200 Å². The van der Waals surface area contributed by atoms with Gasteiger partial charge in [0.1, 0.15) is 6.10 Å². The number of rotatable bonds is 4. The normalized spacial score (nSPS) is 27.1. The lowest BCUT2D eigenvalue weighted by atomic mass is 9.88. The van der Waals surface area contributed by atoms with E-state index in [1.807, 2.05) is 11.0 Å². The summed E-state index contributed by atoms with van der Waals surface area (Å²) < 4.78 is 5.60. The highest BCUT2D eigenvalue weighted by Gasteiger charge is 2.55. The van der Waals surface area contributed by atoms with Crippen LogP contribution in [0.2, 0.25) is 0 Å². The topological polar surface area (TPSA) is 70.1 Å². The highest BCUT2D eigenvalue weighted by molar-refractivity contribution is 5.89. The van der Waals surface area contributed by atoms with E-state index in [1.54, 1.807) is 12.1 Å². The molecule has 1 N–H and O–H groups in total. The summed E-state index contributed by atoms with van der Waals surface area (Å²) in [6, 6.07) is 14.8. The summed E-state index contributed by atoms with van der Waals surface area (Å²) in [6.07, 6.45) is 5.96. The number of amides is 1. The Kier molecular flexibility index (Phi) is 5.17. The molecule has 3 fully saturated rings. The van der Waals surface area contributed by atoms with Crippen molar-refractivity contribution in [2.45, 2.75) is 56.6 Å². The van der Waals surface area contributed by atoms with Gasteiger partial charge >= 0.3 is 5.97 Å². The average molecular weight is 461 g/mol. The summed E-state index contributed by atoms with van der Waals surface area (Å²) in [5.74, 6) is -0.0892. The summed E-state index contributed by atoms with van der Waals surface area (Å²) in [5, 5.41) is 9.33. The van der Waals surface area contributed by atoms with Crippen molar-refractivity contribution < 1.29 is 19.4 Å². The van der Waals surface area contributed by atoms with Gasteiger partial charge in [0.05, 0.1) is 11.6 Å². The fraction of sp³-hybridized carbons (Fsp3) is 0.500. The Balaban J connectivity index is 1.10. The molecule has 2 aromatic carbocycles. The SMILES string of the molecule is CN1c2cc(C(=O)O)ccc2CC1c1ccc([C@H]2CC23CCN(C(=O)[C@H]2CCCO2)CC3)cc1. The maximum atomic E-state index is 12.7. The number of nitrogens with zero attached hydrogens (tertiary/aromatic N) is 2. The highest BCUT2D eigenvalue weighted by atomic mass is 16.5. The van der Waals surface area contributed by atoms with Gasteiger partial charge in [0.25, 0.3) is 5.91 Å². The lowest BCUT2D eigenvalue weighted by Crippen LogP contribution is -2.44. The fourth-order valence-electron chi connectivity index (χ4n) is 6.52. The third-order valence-corrected chi connectivity index (χ3v) is 8.78. The van der Waals surface area contributed by atoms with Crippen molar-refractivity contribution in [3.05, 3.63) is 64.7 Å². The molecule has 1 amide bonds. The Morgan fingerprint density at radius 1 is 1.06 bits per heavy atom. The van der Waals surface area contributed by atoms with Gasteiger partial charge in [-0.1, -0.05) is 30.3 Å². The van der Waals surface area contributed by atoms with Crippen molar-refractivity contribution in [3.8, 4) is 0 Å². The molecule has 0 bridgehead atoms.